The Morgan fingerprint density at radius 2 is 2.23 bits per heavy atom. The number of ether oxygens (including phenoxy) is 1. The summed E-state index contributed by atoms with van der Waals surface area (Å²) >= 11 is 0. The molecular weight excluding hydrogens is 164 g/mol. The van der Waals surface area contributed by atoms with E-state index in [1.165, 1.54) is 0 Å². The minimum Gasteiger partial charge on any atom is -0.377 e. The molecule has 0 amide bonds. The molecule has 74 valence electrons. The minimum atomic E-state index is -0.475. The van der Waals surface area contributed by atoms with Gasteiger partial charge in [0, 0.05) is 12.1 Å². The average Bonchev–Trinajstić information content (AvgIpc) is 2.31. The second-order valence-electron chi connectivity index (χ2n) is 4.54. The standard InChI is InChI=1S/C10H18N2O/c1-8-10(4,5-6-13-8)12-9(2,3)7-11/h8,12H,5-6H2,1-4H3. The largest absolute Gasteiger partial charge is 0.377 e. The Balaban J connectivity index is 2.68. The molecule has 0 radical (unpaired) electrons. The van der Waals surface area contributed by atoms with Gasteiger partial charge in [-0.3, -0.25) is 5.32 Å². The van der Waals surface area contributed by atoms with Crippen molar-refractivity contribution in [1.82, 2.24) is 5.32 Å². The zero-order chi connectivity index (χ0) is 10.1. The van der Waals surface area contributed by atoms with Crippen LogP contribution in [0.4, 0.5) is 0 Å². The van der Waals surface area contributed by atoms with Crippen LogP contribution in [0.3, 0.4) is 0 Å². The fraction of sp³-hybridized carbons (Fsp3) is 0.900. The van der Waals surface area contributed by atoms with Crippen LogP contribution < -0.4 is 5.32 Å². The quantitative estimate of drug-likeness (QED) is 0.703. The van der Waals surface area contributed by atoms with E-state index in [-0.39, 0.29) is 11.6 Å². The van der Waals surface area contributed by atoms with Crippen LogP contribution in [0.15, 0.2) is 0 Å². The highest BCUT2D eigenvalue weighted by Gasteiger charge is 2.40. The van der Waals surface area contributed by atoms with Crippen molar-refractivity contribution >= 4 is 0 Å². The maximum atomic E-state index is 8.90. The molecule has 0 bridgehead atoms. The van der Waals surface area contributed by atoms with Gasteiger partial charge in [0.05, 0.1) is 12.2 Å². The summed E-state index contributed by atoms with van der Waals surface area (Å²) in [6, 6.07) is 2.25. The van der Waals surface area contributed by atoms with Crippen LogP contribution in [-0.2, 0) is 4.74 Å². The van der Waals surface area contributed by atoms with Gasteiger partial charge in [0.25, 0.3) is 0 Å². The Morgan fingerprint density at radius 1 is 1.62 bits per heavy atom. The molecule has 0 spiro atoms. The van der Waals surface area contributed by atoms with Crippen molar-refractivity contribution in [3.05, 3.63) is 0 Å². The van der Waals surface area contributed by atoms with Crippen molar-refractivity contribution < 1.29 is 4.74 Å². The predicted octanol–water partition coefficient (Wildman–Crippen LogP) is 1.45. The molecule has 0 aromatic heterocycles. The highest BCUT2D eigenvalue weighted by molar-refractivity contribution is 5.07. The Morgan fingerprint density at radius 3 is 2.62 bits per heavy atom. The zero-order valence-electron chi connectivity index (χ0n) is 8.85. The monoisotopic (exact) mass is 182 g/mol. The highest BCUT2D eigenvalue weighted by Crippen LogP contribution is 2.27. The summed E-state index contributed by atoms with van der Waals surface area (Å²) in [6.45, 7) is 8.73. The van der Waals surface area contributed by atoms with E-state index in [9.17, 15) is 0 Å². The van der Waals surface area contributed by atoms with Gasteiger partial charge in [-0.15, -0.1) is 0 Å². The molecule has 1 N–H and O–H groups in total. The Hall–Kier alpha value is -0.590. The Bertz CT molecular complexity index is 232. The first-order valence-electron chi connectivity index (χ1n) is 4.72. The lowest BCUT2D eigenvalue weighted by Crippen LogP contribution is -2.56. The first-order valence-corrected chi connectivity index (χ1v) is 4.72. The predicted molar refractivity (Wildman–Crippen MR) is 51.3 cm³/mol. The summed E-state index contributed by atoms with van der Waals surface area (Å²) < 4.78 is 5.49. The summed E-state index contributed by atoms with van der Waals surface area (Å²) in [6.07, 6.45) is 1.15. The molecule has 2 atom stereocenters. The maximum absolute atomic E-state index is 8.90. The van der Waals surface area contributed by atoms with Crippen LogP contribution in [-0.4, -0.2) is 23.8 Å². The third kappa shape index (κ3) is 2.20. The average molecular weight is 182 g/mol. The lowest BCUT2D eigenvalue weighted by atomic mass is 9.91. The van der Waals surface area contributed by atoms with Gasteiger partial charge in [-0.1, -0.05) is 0 Å². The molecule has 1 aliphatic rings. The molecule has 3 nitrogen and oxygen atoms in total. The van der Waals surface area contributed by atoms with E-state index in [4.69, 9.17) is 10.00 Å². The third-order valence-electron chi connectivity index (χ3n) is 2.76. The van der Waals surface area contributed by atoms with Gasteiger partial charge in [-0.2, -0.15) is 5.26 Å². The molecule has 2 unspecified atom stereocenters. The maximum Gasteiger partial charge on any atom is 0.101 e. The van der Waals surface area contributed by atoms with Crippen LogP contribution in [0, 0.1) is 11.3 Å². The molecule has 0 aromatic rings. The lowest BCUT2D eigenvalue weighted by Gasteiger charge is -2.34. The summed E-state index contributed by atoms with van der Waals surface area (Å²) in [5.41, 5.74) is -0.532. The molecule has 1 rings (SSSR count). The second-order valence-corrected chi connectivity index (χ2v) is 4.54. The fourth-order valence-electron chi connectivity index (χ4n) is 1.74. The van der Waals surface area contributed by atoms with Crippen LogP contribution >= 0.6 is 0 Å². The van der Waals surface area contributed by atoms with Crippen molar-refractivity contribution in [2.75, 3.05) is 6.61 Å². The van der Waals surface area contributed by atoms with Crippen LogP contribution in [0.2, 0.25) is 0 Å². The van der Waals surface area contributed by atoms with Crippen molar-refractivity contribution in [3.8, 4) is 6.07 Å². The van der Waals surface area contributed by atoms with Gasteiger partial charge in [0.2, 0.25) is 0 Å². The van der Waals surface area contributed by atoms with Crippen molar-refractivity contribution in [2.24, 2.45) is 0 Å². The molecule has 0 aromatic carbocycles. The second kappa shape index (κ2) is 3.28. The fourth-order valence-corrected chi connectivity index (χ4v) is 1.74. The minimum absolute atomic E-state index is 0.0563. The number of rotatable bonds is 2. The van der Waals surface area contributed by atoms with Gasteiger partial charge in [0.1, 0.15) is 5.54 Å². The lowest BCUT2D eigenvalue weighted by molar-refractivity contribution is 0.0817. The van der Waals surface area contributed by atoms with Crippen LogP contribution in [0.1, 0.15) is 34.1 Å². The summed E-state index contributed by atoms with van der Waals surface area (Å²) in [5, 5.41) is 12.2. The van der Waals surface area contributed by atoms with Gasteiger partial charge in [-0.05, 0) is 34.1 Å². The first-order chi connectivity index (χ1) is 5.90. The van der Waals surface area contributed by atoms with E-state index >= 15 is 0 Å². The molecule has 1 fully saturated rings. The summed E-state index contributed by atoms with van der Waals surface area (Å²) in [5.74, 6) is 0. The molecule has 1 heterocycles. The van der Waals surface area contributed by atoms with E-state index in [1.807, 2.05) is 20.8 Å². The normalized spacial score (nSPS) is 34.5. The number of nitrogens with zero attached hydrogens (tertiary/aromatic N) is 1. The molecule has 3 heteroatoms. The molecule has 0 saturated carbocycles. The van der Waals surface area contributed by atoms with E-state index in [2.05, 4.69) is 18.3 Å². The SMILES string of the molecule is CC1OCCC1(C)NC(C)(C)C#N. The first kappa shape index (κ1) is 10.5. The van der Waals surface area contributed by atoms with Gasteiger partial charge < -0.3 is 4.74 Å². The van der Waals surface area contributed by atoms with Crippen molar-refractivity contribution in [1.29, 1.82) is 5.26 Å². The highest BCUT2D eigenvalue weighted by atomic mass is 16.5. The topological polar surface area (TPSA) is 45.0 Å². The van der Waals surface area contributed by atoms with Crippen molar-refractivity contribution in [3.63, 3.8) is 0 Å². The summed E-state index contributed by atoms with van der Waals surface area (Å²) in [7, 11) is 0. The van der Waals surface area contributed by atoms with Gasteiger partial charge in [-0.25, -0.2) is 0 Å². The molecule has 13 heavy (non-hydrogen) atoms. The molecule has 0 aliphatic carbocycles. The number of hydrogen-bond donors (Lipinski definition) is 1. The van der Waals surface area contributed by atoms with E-state index < -0.39 is 5.54 Å². The zero-order valence-corrected chi connectivity index (χ0v) is 8.85. The summed E-state index contributed by atoms with van der Waals surface area (Å²) in [4.78, 5) is 0. The molecular formula is C10H18N2O. The van der Waals surface area contributed by atoms with Crippen LogP contribution in [0.5, 0.6) is 0 Å². The number of hydrogen-bond acceptors (Lipinski definition) is 3. The van der Waals surface area contributed by atoms with E-state index in [0.29, 0.717) is 0 Å². The van der Waals surface area contributed by atoms with E-state index in [1.54, 1.807) is 0 Å². The van der Waals surface area contributed by atoms with Gasteiger partial charge >= 0.3 is 0 Å². The Kier molecular flexibility index (Phi) is 2.65. The van der Waals surface area contributed by atoms with Gasteiger partial charge in [0.15, 0.2) is 0 Å². The van der Waals surface area contributed by atoms with Crippen LogP contribution in [0.25, 0.3) is 0 Å². The smallest absolute Gasteiger partial charge is 0.101 e. The Labute approximate surface area is 80.1 Å². The van der Waals surface area contributed by atoms with Crippen molar-refractivity contribution in [2.45, 2.75) is 51.3 Å². The number of nitrogens with one attached hydrogen (secondary N) is 1. The molecule has 1 aliphatic heterocycles. The molecule has 1 saturated heterocycles. The number of nitriles is 1. The third-order valence-corrected chi connectivity index (χ3v) is 2.76. The van der Waals surface area contributed by atoms with E-state index in [0.717, 1.165) is 13.0 Å².